The lowest BCUT2D eigenvalue weighted by Gasteiger charge is -2.12. The van der Waals surface area contributed by atoms with Crippen LogP contribution in [0.4, 0.5) is 5.69 Å². The van der Waals surface area contributed by atoms with Crippen LogP contribution in [0.15, 0.2) is 60.7 Å². The molecule has 0 aliphatic rings. The number of carbonyl (C=O) groups is 2. The Morgan fingerprint density at radius 1 is 0.900 bits per heavy atom. The van der Waals surface area contributed by atoms with Gasteiger partial charge in [0.05, 0.1) is 18.4 Å². The number of amides is 1. The lowest BCUT2D eigenvalue weighted by atomic mass is 10.0. The molecule has 0 aliphatic carbocycles. The molecule has 3 rings (SSSR count). The van der Waals surface area contributed by atoms with Crippen molar-refractivity contribution in [2.75, 3.05) is 12.4 Å². The highest BCUT2D eigenvalue weighted by Gasteiger charge is 2.16. The maximum absolute atomic E-state index is 12.8. The van der Waals surface area contributed by atoms with E-state index in [1.54, 1.807) is 25.3 Å². The van der Waals surface area contributed by atoms with Crippen LogP contribution in [0.2, 0.25) is 0 Å². The first-order valence-electron chi connectivity index (χ1n) is 9.46. The van der Waals surface area contributed by atoms with Crippen LogP contribution in [0.25, 0.3) is 12.2 Å². The SMILES string of the molecule is COc1cccc(C=Cc2ccc(C(=O)O)c(NC(=O)c3cccc(C)c3C)c2)c1. The smallest absolute Gasteiger partial charge is 0.337 e. The Morgan fingerprint density at radius 3 is 2.30 bits per heavy atom. The zero-order chi connectivity index (χ0) is 21.7. The summed E-state index contributed by atoms with van der Waals surface area (Å²) < 4.78 is 5.23. The number of aryl methyl sites for hydroxylation is 1. The van der Waals surface area contributed by atoms with Crippen molar-refractivity contribution in [1.29, 1.82) is 0 Å². The van der Waals surface area contributed by atoms with E-state index < -0.39 is 5.97 Å². The van der Waals surface area contributed by atoms with Gasteiger partial charge < -0.3 is 15.2 Å². The van der Waals surface area contributed by atoms with Gasteiger partial charge in [-0.2, -0.15) is 0 Å². The fourth-order valence-electron chi connectivity index (χ4n) is 3.08. The molecule has 30 heavy (non-hydrogen) atoms. The molecular formula is C25H23NO4. The molecule has 0 aromatic heterocycles. The summed E-state index contributed by atoms with van der Waals surface area (Å²) in [6.07, 6.45) is 3.75. The number of carbonyl (C=O) groups excluding carboxylic acids is 1. The van der Waals surface area contributed by atoms with Gasteiger partial charge in [0.1, 0.15) is 5.75 Å². The van der Waals surface area contributed by atoms with E-state index >= 15 is 0 Å². The highest BCUT2D eigenvalue weighted by molar-refractivity contribution is 6.08. The molecule has 5 heteroatoms. The Bertz CT molecular complexity index is 1130. The number of anilines is 1. The van der Waals surface area contributed by atoms with Gasteiger partial charge in [-0.05, 0) is 66.4 Å². The Hall–Kier alpha value is -3.86. The number of hydrogen-bond donors (Lipinski definition) is 2. The maximum atomic E-state index is 12.8. The highest BCUT2D eigenvalue weighted by atomic mass is 16.5. The second-order valence-electron chi connectivity index (χ2n) is 6.92. The molecule has 0 bridgehead atoms. The second-order valence-corrected chi connectivity index (χ2v) is 6.92. The van der Waals surface area contributed by atoms with Gasteiger partial charge in [-0.25, -0.2) is 4.79 Å². The van der Waals surface area contributed by atoms with E-state index in [-0.39, 0.29) is 17.2 Å². The topological polar surface area (TPSA) is 75.6 Å². The van der Waals surface area contributed by atoms with E-state index in [1.165, 1.54) is 6.07 Å². The minimum Gasteiger partial charge on any atom is -0.497 e. The third kappa shape index (κ3) is 4.75. The summed E-state index contributed by atoms with van der Waals surface area (Å²) >= 11 is 0. The maximum Gasteiger partial charge on any atom is 0.337 e. The molecule has 5 nitrogen and oxygen atoms in total. The fourth-order valence-corrected chi connectivity index (χ4v) is 3.08. The summed E-state index contributed by atoms with van der Waals surface area (Å²) in [7, 11) is 1.61. The van der Waals surface area contributed by atoms with Gasteiger partial charge in [-0.3, -0.25) is 4.79 Å². The number of rotatable bonds is 6. The highest BCUT2D eigenvalue weighted by Crippen LogP contribution is 2.22. The molecule has 0 heterocycles. The van der Waals surface area contributed by atoms with Crippen molar-refractivity contribution in [2.45, 2.75) is 13.8 Å². The average Bonchev–Trinajstić information content (AvgIpc) is 2.74. The first-order chi connectivity index (χ1) is 14.4. The van der Waals surface area contributed by atoms with Gasteiger partial charge in [0, 0.05) is 5.56 Å². The van der Waals surface area contributed by atoms with E-state index in [9.17, 15) is 14.7 Å². The van der Waals surface area contributed by atoms with E-state index in [0.717, 1.165) is 28.0 Å². The van der Waals surface area contributed by atoms with Crippen molar-refractivity contribution in [2.24, 2.45) is 0 Å². The number of benzene rings is 3. The van der Waals surface area contributed by atoms with E-state index in [2.05, 4.69) is 5.32 Å². The Morgan fingerprint density at radius 2 is 1.60 bits per heavy atom. The Kier molecular flexibility index (Phi) is 6.32. The quantitative estimate of drug-likeness (QED) is 0.540. The molecule has 0 saturated carbocycles. The van der Waals surface area contributed by atoms with E-state index in [0.29, 0.717) is 5.56 Å². The predicted molar refractivity (Wildman–Crippen MR) is 119 cm³/mol. The average molecular weight is 401 g/mol. The zero-order valence-corrected chi connectivity index (χ0v) is 17.1. The van der Waals surface area contributed by atoms with Crippen molar-refractivity contribution in [3.63, 3.8) is 0 Å². The summed E-state index contributed by atoms with van der Waals surface area (Å²) in [5, 5.41) is 12.3. The van der Waals surface area contributed by atoms with Crippen LogP contribution in [0, 0.1) is 13.8 Å². The van der Waals surface area contributed by atoms with Crippen LogP contribution in [-0.2, 0) is 0 Å². The lowest BCUT2D eigenvalue weighted by molar-refractivity contribution is 0.0698. The molecule has 0 spiro atoms. The minimum atomic E-state index is -1.10. The van der Waals surface area contributed by atoms with Crippen molar-refractivity contribution in [3.8, 4) is 5.75 Å². The zero-order valence-electron chi connectivity index (χ0n) is 17.1. The third-order valence-electron chi connectivity index (χ3n) is 4.93. The number of nitrogens with one attached hydrogen (secondary N) is 1. The van der Waals surface area contributed by atoms with Crippen molar-refractivity contribution < 1.29 is 19.4 Å². The van der Waals surface area contributed by atoms with E-state index in [4.69, 9.17) is 4.74 Å². The second kappa shape index (κ2) is 9.09. The van der Waals surface area contributed by atoms with Gasteiger partial charge in [-0.1, -0.05) is 42.5 Å². The minimum absolute atomic E-state index is 0.0344. The van der Waals surface area contributed by atoms with E-state index in [1.807, 2.05) is 62.4 Å². The van der Waals surface area contributed by atoms with Crippen LogP contribution >= 0.6 is 0 Å². The van der Waals surface area contributed by atoms with Gasteiger partial charge in [0.15, 0.2) is 0 Å². The molecule has 3 aromatic carbocycles. The third-order valence-corrected chi connectivity index (χ3v) is 4.93. The van der Waals surface area contributed by atoms with Crippen LogP contribution in [0.1, 0.15) is 43.0 Å². The summed E-state index contributed by atoms with van der Waals surface area (Å²) in [5.41, 5.74) is 4.37. The lowest BCUT2D eigenvalue weighted by Crippen LogP contribution is -2.16. The largest absolute Gasteiger partial charge is 0.497 e. The number of carboxylic acid groups (broad SMARTS) is 1. The molecule has 0 saturated heterocycles. The molecule has 152 valence electrons. The molecule has 3 aromatic rings. The summed E-state index contributed by atoms with van der Waals surface area (Å²) in [5.74, 6) is -0.693. The normalized spacial score (nSPS) is 10.8. The Balaban J connectivity index is 1.91. The monoisotopic (exact) mass is 401 g/mol. The van der Waals surface area contributed by atoms with Gasteiger partial charge in [0.2, 0.25) is 0 Å². The van der Waals surface area contributed by atoms with Gasteiger partial charge in [0.25, 0.3) is 5.91 Å². The van der Waals surface area contributed by atoms with Crippen LogP contribution in [0.3, 0.4) is 0 Å². The van der Waals surface area contributed by atoms with Crippen LogP contribution in [-0.4, -0.2) is 24.1 Å². The van der Waals surface area contributed by atoms with Crippen LogP contribution in [0.5, 0.6) is 5.75 Å². The molecular weight excluding hydrogens is 378 g/mol. The molecule has 0 aliphatic heterocycles. The molecule has 0 unspecified atom stereocenters. The number of methoxy groups -OCH3 is 1. The predicted octanol–water partition coefficient (Wildman–Crippen LogP) is 5.43. The first-order valence-corrected chi connectivity index (χ1v) is 9.46. The van der Waals surface area contributed by atoms with Crippen molar-refractivity contribution in [1.82, 2.24) is 0 Å². The number of hydrogen-bond acceptors (Lipinski definition) is 3. The van der Waals surface area contributed by atoms with Gasteiger partial charge >= 0.3 is 5.97 Å². The molecule has 0 radical (unpaired) electrons. The number of ether oxygens (including phenoxy) is 1. The summed E-state index contributed by atoms with van der Waals surface area (Å²) in [6, 6.07) is 17.9. The van der Waals surface area contributed by atoms with Crippen molar-refractivity contribution >= 4 is 29.7 Å². The summed E-state index contributed by atoms with van der Waals surface area (Å²) in [4.78, 5) is 24.4. The first kappa shape index (κ1) is 20.9. The molecule has 0 atom stereocenters. The van der Waals surface area contributed by atoms with Crippen molar-refractivity contribution in [3.05, 3.63) is 94.0 Å². The standard InChI is InChI=1S/C25H23NO4/c1-16-6-4-9-21(17(16)2)24(27)26-23-15-19(12-13-22(23)25(28)29)11-10-18-7-5-8-20(14-18)30-3/h4-15H,1-3H3,(H,26,27)(H,28,29). The van der Waals surface area contributed by atoms with Crippen LogP contribution < -0.4 is 10.1 Å². The molecule has 1 amide bonds. The molecule has 2 N–H and O–H groups in total. The summed E-state index contributed by atoms with van der Waals surface area (Å²) in [6.45, 7) is 3.80. The molecule has 0 fully saturated rings. The van der Waals surface area contributed by atoms with Gasteiger partial charge in [-0.15, -0.1) is 0 Å². The number of carboxylic acids is 1. The fraction of sp³-hybridized carbons (Fsp3) is 0.120. The number of aromatic carboxylic acids is 1. The Labute approximate surface area is 175 Å².